The summed E-state index contributed by atoms with van der Waals surface area (Å²) in [6.45, 7) is 3.61. The fourth-order valence-electron chi connectivity index (χ4n) is 1.42. The van der Waals surface area contributed by atoms with Crippen LogP contribution in [0.3, 0.4) is 0 Å². The third-order valence-electron chi connectivity index (χ3n) is 2.16. The second-order valence-electron chi connectivity index (χ2n) is 4.20. The molecule has 0 aliphatic rings. The highest BCUT2D eigenvalue weighted by Crippen LogP contribution is 2.14. The average molecular weight is 238 g/mol. The van der Waals surface area contributed by atoms with Gasteiger partial charge in [0.1, 0.15) is 17.5 Å². The molecule has 0 saturated carbocycles. The van der Waals surface area contributed by atoms with Crippen molar-refractivity contribution in [2.75, 3.05) is 24.3 Å². The number of hydrogen-bond donors (Lipinski definition) is 2. The lowest BCUT2D eigenvalue weighted by molar-refractivity contribution is -0.137. The number of aryl methyl sites for hydroxylation is 1. The molecule has 0 spiro atoms. The van der Waals surface area contributed by atoms with Gasteiger partial charge in [0.05, 0.1) is 6.42 Å². The predicted molar refractivity (Wildman–Crippen MR) is 66.4 cm³/mol. The molecule has 1 rings (SSSR count). The van der Waals surface area contributed by atoms with Crippen LogP contribution < -0.4 is 10.2 Å². The fourth-order valence-corrected chi connectivity index (χ4v) is 1.42. The Kier molecular flexibility index (Phi) is 4.25. The Labute approximate surface area is 101 Å². The van der Waals surface area contributed by atoms with Crippen molar-refractivity contribution >= 4 is 17.6 Å². The van der Waals surface area contributed by atoms with E-state index in [4.69, 9.17) is 5.11 Å². The summed E-state index contributed by atoms with van der Waals surface area (Å²) in [5.74, 6) is 1.27. The van der Waals surface area contributed by atoms with Crippen LogP contribution in [-0.2, 0) is 4.79 Å². The van der Waals surface area contributed by atoms with E-state index in [1.165, 1.54) is 0 Å². The maximum Gasteiger partial charge on any atom is 0.305 e. The van der Waals surface area contributed by atoms with E-state index in [9.17, 15) is 4.79 Å². The summed E-state index contributed by atoms with van der Waals surface area (Å²) in [7, 11) is 3.79. The van der Waals surface area contributed by atoms with Crippen molar-refractivity contribution in [3.63, 3.8) is 0 Å². The van der Waals surface area contributed by atoms with Gasteiger partial charge in [0.15, 0.2) is 0 Å². The number of carbonyl (C=O) groups is 1. The summed E-state index contributed by atoms with van der Waals surface area (Å²) in [5.41, 5.74) is 0. The van der Waals surface area contributed by atoms with Crippen LogP contribution in [0.4, 0.5) is 11.6 Å². The largest absolute Gasteiger partial charge is 0.481 e. The number of carboxylic acids is 1. The minimum absolute atomic E-state index is 0.0559. The Morgan fingerprint density at radius 2 is 2.18 bits per heavy atom. The lowest BCUT2D eigenvalue weighted by atomic mass is 10.2. The Bertz CT molecular complexity index is 406. The summed E-state index contributed by atoms with van der Waals surface area (Å²) in [5, 5.41) is 11.7. The van der Waals surface area contributed by atoms with Gasteiger partial charge in [0, 0.05) is 26.2 Å². The van der Waals surface area contributed by atoms with Crippen LogP contribution in [0, 0.1) is 6.92 Å². The van der Waals surface area contributed by atoms with Crippen molar-refractivity contribution in [2.24, 2.45) is 0 Å². The highest BCUT2D eigenvalue weighted by molar-refractivity contribution is 5.68. The number of carboxylic acid groups (broad SMARTS) is 1. The molecule has 2 N–H and O–H groups in total. The molecule has 0 saturated heterocycles. The first kappa shape index (κ1) is 13.2. The highest BCUT2D eigenvalue weighted by Gasteiger charge is 2.09. The van der Waals surface area contributed by atoms with Gasteiger partial charge in [-0.15, -0.1) is 0 Å². The van der Waals surface area contributed by atoms with Crippen LogP contribution >= 0.6 is 0 Å². The minimum Gasteiger partial charge on any atom is -0.481 e. The van der Waals surface area contributed by atoms with E-state index in [1.54, 1.807) is 19.9 Å². The molecule has 1 aromatic rings. The highest BCUT2D eigenvalue weighted by atomic mass is 16.4. The third-order valence-corrected chi connectivity index (χ3v) is 2.16. The van der Waals surface area contributed by atoms with E-state index >= 15 is 0 Å². The van der Waals surface area contributed by atoms with Crippen molar-refractivity contribution in [1.29, 1.82) is 0 Å². The van der Waals surface area contributed by atoms with Crippen molar-refractivity contribution in [3.05, 3.63) is 11.9 Å². The lowest BCUT2D eigenvalue weighted by Gasteiger charge is -2.16. The molecule has 1 atom stereocenters. The van der Waals surface area contributed by atoms with Crippen molar-refractivity contribution in [3.8, 4) is 0 Å². The zero-order valence-electron chi connectivity index (χ0n) is 10.6. The number of nitrogens with zero attached hydrogens (tertiary/aromatic N) is 3. The predicted octanol–water partition coefficient (Wildman–Crippen LogP) is 1.13. The van der Waals surface area contributed by atoms with Crippen LogP contribution in [0.25, 0.3) is 0 Å². The Morgan fingerprint density at radius 1 is 1.53 bits per heavy atom. The third kappa shape index (κ3) is 4.26. The summed E-state index contributed by atoms with van der Waals surface area (Å²) >= 11 is 0. The maximum absolute atomic E-state index is 10.6. The summed E-state index contributed by atoms with van der Waals surface area (Å²) < 4.78 is 0. The molecule has 1 aromatic heterocycles. The molecule has 0 bridgehead atoms. The Morgan fingerprint density at radius 3 is 2.71 bits per heavy atom. The van der Waals surface area contributed by atoms with Gasteiger partial charge in [-0.3, -0.25) is 4.79 Å². The van der Waals surface area contributed by atoms with Gasteiger partial charge < -0.3 is 15.3 Å². The number of aliphatic carboxylic acids is 1. The standard InChI is InChI=1S/C11H18N4O2/c1-7(5-11(16)17)12-9-6-10(15(3)4)14-8(2)13-9/h6-7H,5H2,1-4H3,(H,16,17)(H,12,13,14). The van der Waals surface area contributed by atoms with Crippen LogP contribution in [0.2, 0.25) is 0 Å². The molecule has 1 heterocycles. The number of nitrogens with one attached hydrogen (secondary N) is 1. The summed E-state index contributed by atoms with van der Waals surface area (Å²) in [6.07, 6.45) is 0.0559. The molecule has 0 radical (unpaired) electrons. The van der Waals surface area contributed by atoms with E-state index in [2.05, 4.69) is 15.3 Å². The fraction of sp³-hybridized carbons (Fsp3) is 0.545. The smallest absolute Gasteiger partial charge is 0.305 e. The van der Waals surface area contributed by atoms with E-state index < -0.39 is 5.97 Å². The molecule has 94 valence electrons. The minimum atomic E-state index is -0.830. The maximum atomic E-state index is 10.6. The number of anilines is 2. The SMILES string of the molecule is Cc1nc(NC(C)CC(=O)O)cc(N(C)C)n1. The Hall–Kier alpha value is -1.85. The van der Waals surface area contributed by atoms with Gasteiger partial charge in [-0.1, -0.05) is 0 Å². The van der Waals surface area contributed by atoms with Gasteiger partial charge in [0.25, 0.3) is 0 Å². The van der Waals surface area contributed by atoms with Gasteiger partial charge >= 0.3 is 5.97 Å². The first-order valence-electron chi connectivity index (χ1n) is 5.40. The first-order chi connectivity index (χ1) is 7.88. The van der Waals surface area contributed by atoms with E-state index in [-0.39, 0.29) is 12.5 Å². The number of hydrogen-bond acceptors (Lipinski definition) is 5. The molecule has 0 aliphatic carbocycles. The number of aromatic nitrogens is 2. The molecular weight excluding hydrogens is 220 g/mol. The quantitative estimate of drug-likeness (QED) is 0.800. The van der Waals surface area contributed by atoms with Crippen molar-refractivity contribution < 1.29 is 9.90 Å². The topological polar surface area (TPSA) is 78.3 Å². The van der Waals surface area contributed by atoms with Crippen LogP contribution in [0.1, 0.15) is 19.2 Å². The number of rotatable bonds is 5. The molecule has 0 fully saturated rings. The summed E-state index contributed by atoms with van der Waals surface area (Å²) in [6, 6.07) is 1.63. The molecule has 0 aromatic carbocycles. The van der Waals surface area contributed by atoms with Crippen LogP contribution in [0.15, 0.2) is 6.07 Å². The van der Waals surface area contributed by atoms with Gasteiger partial charge in [-0.2, -0.15) is 0 Å². The van der Waals surface area contributed by atoms with Gasteiger partial charge in [-0.05, 0) is 13.8 Å². The van der Waals surface area contributed by atoms with E-state index in [0.717, 1.165) is 5.82 Å². The van der Waals surface area contributed by atoms with Crippen LogP contribution in [-0.4, -0.2) is 41.2 Å². The molecular formula is C11H18N4O2. The monoisotopic (exact) mass is 238 g/mol. The molecule has 0 amide bonds. The molecule has 0 aliphatic heterocycles. The molecule has 6 nitrogen and oxygen atoms in total. The summed E-state index contributed by atoms with van der Waals surface area (Å²) in [4.78, 5) is 20.9. The average Bonchev–Trinajstić information content (AvgIpc) is 2.14. The van der Waals surface area contributed by atoms with E-state index in [1.807, 2.05) is 19.0 Å². The van der Waals surface area contributed by atoms with Crippen molar-refractivity contribution in [1.82, 2.24) is 9.97 Å². The molecule has 17 heavy (non-hydrogen) atoms. The van der Waals surface area contributed by atoms with Crippen molar-refractivity contribution in [2.45, 2.75) is 26.3 Å². The van der Waals surface area contributed by atoms with E-state index in [0.29, 0.717) is 11.6 Å². The van der Waals surface area contributed by atoms with Gasteiger partial charge in [0.2, 0.25) is 0 Å². The zero-order valence-corrected chi connectivity index (χ0v) is 10.6. The Balaban J connectivity index is 2.80. The molecule has 6 heteroatoms. The first-order valence-corrected chi connectivity index (χ1v) is 5.40. The zero-order chi connectivity index (χ0) is 13.0. The van der Waals surface area contributed by atoms with Gasteiger partial charge in [-0.25, -0.2) is 9.97 Å². The second kappa shape index (κ2) is 5.47. The normalized spacial score (nSPS) is 12.0. The second-order valence-corrected chi connectivity index (χ2v) is 4.20. The lowest BCUT2D eigenvalue weighted by Crippen LogP contribution is -2.21. The van der Waals surface area contributed by atoms with Crippen LogP contribution in [0.5, 0.6) is 0 Å². The molecule has 1 unspecified atom stereocenters.